The average Bonchev–Trinajstić information content (AvgIpc) is 2.78. The summed E-state index contributed by atoms with van der Waals surface area (Å²) >= 11 is 0. The number of carboxylic acids is 1. The van der Waals surface area contributed by atoms with E-state index in [-0.39, 0.29) is 11.8 Å². The first-order valence-electron chi connectivity index (χ1n) is 7.61. The fourth-order valence-electron chi connectivity index (χ4n) is 2.64. The van der Waals surface area contributed by atoms with Gasteiger partial charge < -0.3 is 10.4 Å². The molecule has 2 aromatic rings. The van der Waals surface area contributed by atoms with Gasteiger partial charge in [-0.2, -0.15) is 5.10 Å². The number of benzene rings is 1. The Kier molecular flexibility index (Phi) is 5.18. The first-order valence-corrected chi connectivity index (χ1v) is 7.61. The van der Waals surface area contributed by atoms with Gasteiger partial charge in [0.15, 0.2) is 0 Å². The van der Waals surface area contributed by atoms with E-state index in [1.807, 2.05) is 27.8 Å². The molecular formula is C18H21N3O3. The average molecular weight is 327 g/mol. The Bertz CT molecular complexity index is 789. The highest BCUT2D eigenvalue weighted by atomic mass is 16.4. The Hall–Kier alpha value is -2.89. The number of aryl methyl sites for hydroxylation is 2. The molecule has 2 N–H and O–H groups in total. The summed E-state index contributed by atoms with van der Waals surface area (Å²) in [5, 5.41) is 15.8. The predicted molar refractivity (Wildman–Crippen MR) is 92.8 cm³/mol. The molecule has 0 saturated heterocycles. The number of anilines is 1. The highest BCUT2D eigenvalue weighted by Gasteiger charge is 2.22. The van der Waals surface area contributed by atoms with E-state index >= 15 is 0 Å². The fraction of sp³-hybridized carbons (Fsp3) is 0.278. The maximum Gasteiger partial charge on any atom is 0.328 e. The molecule has 0 unspecified atom stereocenters. The van der Waals surface area contributed by atoms with Gasteiger partial charge in [0.05, 0.1) is 11.6 Å². The van der Waals surface area contributed by atoms with E-state index in [1.165, 1.54) is 6.08 Å². The van der Waals surface area contributed by atoms with Crippen LogP contribution in [0.25, 0.3) is 6.08 Å². The Balaban J connectivity index is 2.10. The number of carbonyl (C=O) groups is 2. The van der Waals surface area contributed by atoms with Crippen LogP contribution in [0, 0.1) is 13.8 Å². The van der Waals surface area contributed by atoms with E-state index in [1.54, 1.807) is 28.9 Å². The minimum absolute atomic E-state index is 0.108. The van der Waals surface area contributed by atoms with Gasteiger partial charge in [0, 0.05) is 30.1 Å². The Morgan fingerprint density at radius 3 is 2.38 bits per heavy atom. The van der Waals surface area contributed by atoms with Gasteiger partial charge in [-0.3, -0.25) is 9.48 Å². The lowest BCUT2D eigenvalue weighted by atomic mass is 9.98. The van der Waals surface area contributed by atoms with Crippen molar-refractivity contribution in [1.82, 2.24) is 9.78 Å². The van der Waals surface area contributed by atoms with Crippen LogP contribution in [0.15, 0.2) is 30.3 Å². The molecule has 6 heteroatoms. The number of rotatable bonds is 5. The van der Waals surface area contributed by atoms with E-state index in [0.29, 0.717) is 5.69 Å². The second kappa shape index (κ2) is 7.12. The van der Waals surface area contributed by atoms with Crippen molar-refractivity contribution in [2.24, 2.45) is 7.05 Å². The predicted octanol–water partition coefficient (Wildman–Crippen LogP) is 2.88. The second-order valence-corrected chi connectivity index (χ2v) is 5.71. The molecule has 0 aliphatic heterocycles. The largest absolute Gasteiger partial charge is 0.478 e. The maximum atomic E-state index is 12.5. The molecule has 0 aliphatic rings. The summed E-state index contributed by atoms with van der Waals surface area (Å²) in [5.74, 6) is -1.42. The van der Waals surface area contributed by atoms with Crippen molar-refractivity contribution in [3.63, 3.8) is 0 Å². The summed E-state index contributed by atoms with van der Waals surface area (Å²) in [6, 6.07) is 6.99. The van der Waals surface area contributed by atoms with Gasteiger partial charge in [-0.05, 0) is 44.5 Å². The van der Waals surface area contributed by atoms with Crippen LogP contribution >= 0.6 is 0 Å². The van der Waals surface area contributed by atoms with Gasteiger partial charge in [-0.15, -0.1) is 0 Å². The fourth-order valence-corrected chi connectivity index (χ4v) is 2.64. The molecule has 2 rings (SSSR count). The molecule has 1 heterocycles. The molecular weight excluding hydrogens is 306 g/mol. The Morgan fingerprint density at radius 1 is 1.25 bits per heavy atom. The van der Waals surface area contributed by atoms with Crippen LogP contribution in [0.5, 0.6) is 0 Å². The summed E-state index contributed by atoms with van der Waals surface area (Å²) in [6.45, 7) is 5.70. The molecule has 1 aromatic carbocycles. The third-order valence-corrected chi connectivity index (χ3v) is 3.99. The summed E-state index contributed by atoms with van der Waals surface area (Å²) < 4.78 is 1.78. The molecule has 0 fully saturated rings. The van der Waals surface area contributed by atoms with E-state index in [9.17, 15) is 9.59 Å². The monoisotopic (exact) mass is 327 g/mol. The van der Waals surface area contributed by atoms with Crippen molar-refractivity contribution in [3.05, 3.63) is 52.9 Å². The van der Waals surface area contributed by atoms with E-state index in [4.69, 9.17) is 5.11 Å². The van der Waals surface area contributed by atoms with E-state index in [2.05, 4.69) is 10.4 Å². The molecule has 1 amide bonds. The van der Waals surface area contributed by atoms with E-state index in [0.717, 1.165) is 28.6 Å². The standard InChI is InChI=1S/C18H21N3O3/c1-11(17-12(2)20-21(4)13(17)3)18(24)19-15-8-5-14(6-9-15)7-10-16(22)23/h5-11H,1-4H3,(H,19,24)(H,22,23)/b10-7+/t11-/m1/s1. The van der Waals surface area contributed by atoms with Crippen molar-refractivity contribution >= 4 is 23.6 Å². The molecule has 0 bridgehead atoms. The number of carboxylic acid groups (broad SMARTS) is 1. The molecule has 0 radical (unpaired) electrons. The first kappa shape index (κ1) is 17.5. The molecule has 0 aliphatic carbocycles. The number of aromatic nitrogens is 2. The quantitative estimate of drug-likeness (QED) is 0.827. The van der Waals surface area contributed by atoms with Gasteiger partial charge in [0.1, 0.15) is 0 Å². The Morgan fingerprint density at radius 2 is 1.88 bits per heavy atom. The number of carbonyl (C=O) groups excluding carboxylic acids is 1. The van der Waals surface area contributed by atoms with Crippen LogP contribution < -0.4 is 5.32 Å². The van der Waals surface area contributed by atoms with Crippen LogP contribution in [-0.4, -0.2) is 26.8 Å². The van der Waals surface area contributed by atoms with Crippen molar-refractivity contribution in [2.45, 2.75) is 26.7 Å². The lowest BCUT2D eigenvalue weighted by Crippen LogP contribution is -2.19. The lowest BCUT2D eigenvalue weighted by Gasteiger charge is -2.13. The number of hydrogen-bond donors (Lipinski definition) is 2. The van der Waals surface area contributed by atoms with Crippen LogP contribution in [0.2, 0.25) is 0 Å². The van der Waals surface area contributed by atoms with Crippen molar-refractivity contribution in [3.8, 4) is 0 Å². The van der Waals surface area contributed by atoms with Gasteiger partial charge in [0.2, 0.25) is 5.91 Å². The number of amides is 1. The molecule has 0 saturated carbocycles. The zero-order valence-electron chi connectivity index (χ0n) is 14.2. The lowest BCUT2D eigenvalue weighted by molar-refractivity contribution is -0.131. The molecule has 6 nitrogen and oxygen atoms in total. The Labute approximate surface area is 140 Å². The van der Waals surface area contributed by atoms with Gasteiger partial charge in [-0.25, -0.2) is 4.79 Å². The van der Waals surface area contributed by atoms with Crippen molar-refractivity contribution in [2.75, 3.05) is 5.32 Å². The normalized spacial score (nSPS) is 12.3. The summed E-state index contributed by atoms with van der Waals surface area (Å²) in [4.78, 5) is 23.0. The number of nitrogens with zero attached hydrogens (tertiary/aromatic N) is 2. The zero-order chi connectivity index (χ0) is 17.9. The summed E-state index contributed by atoms with van der Waals surface area (Å²) in [5.41, 5.74) is 4.19. The maximum absolute atomic E-state index is 12.5. The van der Waals surface area contributed by atoms with Crippen LogP contribution in [-0.2, 0) is 16.6 Å². The number of nitrogens with one attached hydrogen (secondary N) is 1. The van der Waals surface area contributed by atoms with Crippen molar-refractivity contribution < 1.29 is 14.7 Å². The summed E-state index contributed by atoms with van der Waals surface area (Å²) in [6.07, 6.45) is 2.57. The molecule has 1 aromatic heterocycles. The minimum Gasteiger partial charge on any atom is -0.478 e. The molecule has 0 spiro atoms. The number of aliphatic carboxylic acids is 1. The number of hydrogen-bond acceptors (Lipinski definition) is 3. The first-order chi connectivity index (χ1) is 11.3. The zero-order valence-corrected chi connectivity index (χ0v) is 14.2. The third-order valence-electron chi connectivity index (χ3n) is 3.99. The van der Waals surface area contributed by atoms with Crippen LogP contribution in [0.4, 0.5) is 5.69 Å². The SMILES string of the molecule is Cc1nn(C)c(C)c1[C@@H](C)C(=O)Nc1ccc(/C=C/C(=O)O)cc1. The van der Waals surface area contributed by atoms with Crippen LogP contribution in [0.3, 0.4) is 0 Å². The van der Waals surface area contributed by atoms with Gasteiger partial charge in [-0.1, -0.05) is 12.1 Å². The summed E-state index contributed by atoms with van der Waals surface area (Å²) in [7, 11) is 1.86. The van der Waals surface area contributed by atoms with Gasteiger partial charge in [0.25, 0.3) is 0 Å². The van der Waals surface area contributed by atoms with Crippen molar-refractivity contribution in [1.29, 1.82) is 0 Å². The highest BCUT2D eigenvalue weighted by Crippen LogP contribution is 2.24. The molecule has 1 atom stereocenters. The topological polar surface area (TPSA) is 84.2 Å². The van der Waals surface area contributed by atoms with Gasteiger partial charge >= 0.3 is 5.97 Å². The minimum atomic E-state index is -0.997. The third kappa shape index (κ3) is 3.90. The highest BCUT2D eigenvalue weighted by molar-refractivity contribution is 5.96. The second-order valence-electron chi connectivity index (χ2n) is 5.71. The smallest absolute Gasteiger partial charge is 0.328 e. The molecule has 24 heavy (non-hydrogen) atoms. The van der Waals surface area contributed by atoms with Crippen LogP contribution in [0.1, 0.15) is 35.4 Å². The molecule has 126 valence electrons. The van der Waals surface area contributed by atoms with E-state index < -0.39 is 5.97 Å².